The highest BCUT2D eigenvalue weighted by molar-refractivity contribution is 6.32. The number of benzene rings is 1. The van der Waals surface area contributed by atoms with E-state index < -0.39 is 0 Å². The van der Waals surface area contributed by atoms with Crippen molar-refractivity contribution in [3.63, 3.8) is 0 Å². The van der Waals surface area contributed by atoms with Crippen molar-refractivity contribution in [3.05, 3.63) is 22.7 Å². The van der Waals surface area contributed by atoms with E-state index in [4.69, 9.17) is 21.1 Å². The largest absolute Gasteiger partial charge is 0.454 e. The monoisotopic (exact) mass is 318 g/mol. The lowest BCUT2D eigenvalue weighted by Crippen LogP contribution is -2.38. The maximum absolute atomic E-state index is 12.4. The van der Waals surface area contributed by atoms with E-state index in [9.17, 15) is 4.79 Å². The van der Waals surface area contributed by atoms with Crippen LogP contribution in [0.15, 0.2) is 12.1 Å². The van der Waals surface area contributed by atoms with E-state index in [1.54, 1.807) is 17.0 Å². The summed E-state index contributed by atoms with van der Waals surface area (Å²) < 4.78 is 10.5. The van der Waals surface area contributed by atoms with Gasteiger partial charge in [-0.1, -0.05) is 11.6 Å². The molecule has 110 valence electrons. The highest BCUT2D eigenvalue weighted by Crippen LogP contribution is 2.40. The molecule has 1 saturated heterocycles. The van der Waals surface area contributed by atoms with E-state index in [1.165, 1.54) is 0 Å². The lowest BCUT2D eigenvalue weighted by molar-refractivity contribution is 0.0743. The van der Waals surface area contributed by atoms with Gasteiger partial charge in [0.05, 0.1) is 5.02 Å². The predicted molar refractivity (Wildman–Crippen MR) is 78.2 cm³/mol. The number of hydrogen-bond acceptors (Lipinski definition) is 4. The number of halogens is 2. The van der Waals surface area contributed by atoms with Crippen LogP contribution >= 0.6 is 24.0 Å². The standard InChI is InChI=1S/C13H15ClN2O3.ClH/c1-16(9-2-3-15-6-9)13(17)8-4-10(14)12-11(5-8)18-7-19-12;/h4-5,9,15H,2-3,6-7H2,1H3;1H. The molecule has 1 amide bonds. The molecule has 0 aromatic heterocycles. The molecule has 5 nitrogen and oxygen atoms in total. The minimum Gasteiger partial charge on any atom is -0.454 e. The smallest absolute Gasteiger partial charge is 0.254 e. The second-order valence-corrected chi connectivity index (χ2v) is 5.16. The van der Waals surface area contributed by atoms with Gasteiger partial charge in [-0.2, -0.15) is 0 Å². The average Bonchev–Trinajstić information content (AvgIpc) is 3.07. The van der Waals surface area contributed by atoms with Crippen LogP contribution in [0.2, 0.25) is 5.02 Å². The second kappa shape index (κ2) is 6.08. The molecule has 1 unspecified atom stereocenters. The Morgan fingerprint density at radius 2 is 2.25 bits per heavy atom. The molecule has 0 bridgehead atoms. The maximum atomic E-state index is 12.4. The van der Waals surface area contributed by atoms with Gasteiger partial charge in [0.1, 0.15) is 0 Å². The summed E-state index contributed by atoms with van der Waals surface area (Å²) in [6, 6.07) is 3.56. The number of carbonyl (C=O) groups excluding carboxylic acids is 1. The lowest BCUT2D eigenvalue weighted by Gasteiger charge is -2.24. The van der Waals surface area contributed by atoms with Crippen LogP contribution in [0.25, 0.3) is 0 Å². The average molecular weight is 319 g/mol. The second-order valence-electron chi connectivity index (χ2n) is 4.75. The highest BCUT2D eigenvalue weighted by atomic mass is 35.5. The molecule has 0 aliphatic carbocycles. The maximum Gasteiger partial charge on any atom is 0.254 e. The molecule has 7 heteroatoms. The van der Waals surface area contributed by atoms with Crippen LogP contribution in [-0.2, 0) is 0 Å². The molecule has 2 aliphatic rings. The molecule has 2 aliphatic heterocycles. The van der Waals surface area contributed by atoms with Crippen molar-refractivity contribution >= 4 is 29.9 Å². The Morgan fingerprint density at radius 3 is 2.95 bits per heavy atom. The first-order chi connectivity index (χ1) is 9.16. The SMILES string of the molecule is CN(C(=O)c1cc(Cl)c2c(c1)OCO2)C1CCNC1.Cl. The third kappa shape index (κ3) is 2.66. The summed E-state index contributed by atoms with van der Waals surface area (Å²) in [4.78, 5) is 14.2. The molecule has 1 N–H and O–H groups in total. The van der Waals surface area contributed by atoms with Gasteiger partial charge in [0.2, 0.25) is 6.79 Å². The van der Waals surface area contributed by atoms with Crippen molar-refractivity contribution in [2.75, 3.05) is 26.9 Å². The van der Waals surface area contributed by atoms with Crippen molar-refractivity contribution in [3.8, 4) is 11.5 Å². The Hall–Kier alpha value is -1.17. The summed E-state index contributed by atoms with van der Waals surface area (Å²) in [6.45, 7) is 1.93. The van der Waals surface area contributed by atoms with Crippen molar-refractivity contribution in [1.82, 2.24) is 10.2 Å². The molecular formula is C13H16Cl2N2O3. The van der Waals surface area contributed by atoms with Gasteiger partial charge in [-0.15, -0.1) is 12.4 Å². The van der Waals surface area contributed by atoms with E-state index >= 15 is 0 Å². The number of ether oxygens (including phenoxy) is 2. The Labute approximate surface area is 128 Å². The highest BCUT2D eigenvalue weighted by Gasteiger charge is 2.26. The van der Waals surface area contributed by atoms with Gasteiger partial charge >= 0.3 is 0 Å². The van der Waals surface area contributed by atoms with Gasteiger partial charge in [0.25, 0.3) is 5.91 Å². The van der Waals surface area contributed by atoms with Crippen LogP contribution in [0.4, 0.5) is 0 Å². The summed E-state index contributed by atoms with van der Waals surface area (Å²) in [5.41, 5.74) is 0.531. The van der Waals surface area contributed by atoms with Crippen LogP contribution in [0, 0.1) is 0 Å². The zero-order chi connectivity index (χ0) is 13.4. The number of fused-ring (bicyclic) bond motifs is 1. The number of carbonyl (C=O) groups is 1. The molecule has 0 radical (unpaired) electrons. The normalized spacial score (nSPS) is 19.6. The van der Waals surface area contributed by atoms with Crippen molar-refractivity contribution in [2.45, 2.75) is 12.5 Å². The minimum absolute atomic E-state index is 0. The van der Waals surface area contributed by atoms with Crippen molar-refractivity contribution < 1.29 is 14.3 Å². The molecule has 1 atom stereocenters. The zero-order valence-corrected chi connectivity index (χ0v) is 12.6. The van der Waals surface area contributed by atoms with Gasteiger partial charge in [-0.25, -0.2) is 0 Å². The van der Waals surface area contributed by atoms with Crippen LogP contribution < -0.4 is 14.8 Å². The molecule has 20 heavy (non-hydrogen) atoms. The number of amides is 1. The first-order valence-electron chi connectivity index (χ1n) is 6.24. The van der Waals surface area contributed by atoms with Crippen molar-refractivity contribution in [1.29, 1.82) is 0 Å². The number of nitrogens with one attached hydrogen (secondary N) is 1. The van der Waals surface area contributed by atoms with Crippen LogP contribution in [0.5, 0.6) is 11.5 Å². The van der Waals surface area contributed by atoms with E-state index in [0.29, 0.717) is 22.1 Å². The first-order valence-corrected chi connectivity index (χ1v) is 6.61. The number of nitrogens with zero attached hydrogens (tertiary/aromatic N) is 1. The Balaban J connectivity index is 0.00000147. The molecule has 0 saturated carbocycles. The summed E-state index contributed by atoms with van der Waals surface area (Å²) in [5, 5.41) is 3.66. The molecule has 3 rings (SSSR count). The van der Waals surface area contributed by atoms with Gasteiger partial charge in [-0.05, 0) is 25.1 Å². The molecule has 1 fully saturated rings. The fourth-order valence-electron chi connectivity index (χ4n) is 2.43. The van der Waals surface area contributed by atoms with E-state index in [1.807, 2.05) is 7.05 Å². The molecule has 1 aromatic carbocycles. The van der Waals surface area contributed by atoms with Crippen LogP contribution in [0.1, 0.15) is 16.8 Å². The van der Waals surface area contributed by atoms with E-state index in [2.05, 4.69) is 5.32 Å². The Kier molecular flexibility index (Phi) is 4.62. The lowest BCUT2D eigenvalue weighted by atomic mass is 10.1. The van der Waals surface area contributed by atoms with E-state index in [0.717, 1.165) is 19.5 Å². The zero-order valence-electron chi connectivity index (χ0n) is 11.0. The number of likely N-dealkylation sites (N-methyl/N-ethyl adjacent to an activating group) is 1. The molecular weight excluding hydrogens is 303 g/mol. The molecule has 1 aromatic rings. The minimum atomic E-state index is -0.0473. The fourth-order valence-corrected chi connectivity index (χ4v) is 2.70. The third-order valence-electron chi connectivity index (χ3n) is 3.58. The Bertz CT molecular complexity index is 519. The van der Waals surface area contributed by atoms with Gasteiger partial charge in [0.15, 0.2) is 11.5 Å². The van der Waals surface area contributed by atoms with Crippen molar-refractivity contribution in [2.24, 2.45) is 0 Å². The molecule has 2 heterocycles. The van der Waals surface area contributed by atoms with E-state index in [-0.39, 0.29) is 31.1 Å². The van der Waals surface area contributed by atoms with Gasteiger partial charge in [0, 0.05) is 25.2 Å². The predicted octanol–water partition coefficient (Wildman–Crippen LogP) is 1.92. The van der Waals surface area contributed by atoms with Gasteiger partial charge in [-0.3, -0.25) is 4.79 Å². The summed E-state index contributed by atoms with van der Waals surface area (Å²) in [5.74, 6) is 1.01. The summed E-state index contributed by atoms with van der Waals surface area (Å²) in [7, 11) is 1.82. The van der Waals surface area contributed by atoms with Gasteiger partial charge < -0.3 is 19.7 Å². The fraction of sp³-hybridized carbons (Fsp3) is 0.462. The third-order valence-corrected chi connectivity index (χ3v) is 3.86. The molecule has 0 spiro atoms. The quantitative estimate of drug-likeness (QED) is 0.905. The number of hydrogen-bond donors (Lipinski definition) is 1. The first kappa shape index (κ1) is 15.2. The summed E-state index contributed by atoms with van der Waals surface area (Å²) in [6.07, 6.45) is 0.973. The van der Waals surface area contributed by atoms with Crippen LogP contribution in [0.3, 0.4) is 0 Å². The summed E-state index contributed by atoms with van der Waals surface area (Å²) >= 11 is 6.10. The Morgan fingerprint density at radius 1 is 1.45 bits per heavy atom. The van der Waals surface area contributed by atoms with Crippen LogP contribution in [-0.4, -0.2) is 43.8 Å². The topological polar surface area (TPSA) is 50.8 Å². The number of rotatable bonds is 2.